The van der Waals surface area contributed by atoms with Crippen LogP contribution in [0.15, 0.2) is 34.8 Å². The molecule has 0 unspecified atom stereocenters. The maximum Gasteiger partial charge on any atom is 0.330 e. The quantitative estimate of drug-likeness (QED) is 0.671. The summed E-state index contributed by atoms with van der Waals surface area (Å²) in [7, 11) is 0. The average Bonchev–Trinajstić information content (AvgIpc) is 2.27. The molecule has 0 atom stereocenters. The maximum absolute atomic E-state index is 13.3. The first-order valence-electron chi connectivity index (χ1n) is 5.15. The first-order chi connectivity index (χ1) is 8.13. The number of benzene rings is 1. The van der Waals surface area contributed by atoms with Crippen molar-refractivity contribution in [2.45, 2.75) is 6.92 Å². The highest BCUT2D eigenvalue weighted by Gasteiger charge is 2.00. The molecule has 0 saturated carbocycles. The van der Waals surface area contributed by atoms with Gasteiger partial charge in [0.1, 0.15) is 5.82 Å². The van der Waals surface area contributed by atoms with Crippen molar-refractivity contribution in [1.29, 1.82) is 0 Å². The Kier molecular flexibility index (Phi) is 5.69. The molecule has 1 N–H and O–H groups in total. The Morgan fingerprint density at radius 3 is 3.00 bits per heavy atom. The van der Waals surface area contributed by atoms with Crippen LogP contribution in [0.4, 0.5) is 10.1 Å². The molecule has 0 aliphatic carbocycles. The summed E-state index contributed by atoms with van der Waals surface area (Å²) in [6.07, 6.45) is 2.90. The number of nitrogens with one attached hydrogen (secondary N) is 1. The SMILES string of the molecule is CCOC(=O)/C=C/CNc1ccc(Br)cc1F. The fourth-order valence-corrected chi connectivity index (χ4v) is 1.48. The van der Waals surface area contributed by atoms with Crippen molar-refractivity contribution in [3.63, 3.8) is 0 Å². The van der Waals surface area contributed by atoms with Crippen molar-refractivity contribution >= 4 is 27.6 Å². The van der Waals surface area contributed by atoms with E-state index in [2.05, 4.69) is 21.2 Å². The Hall–Kier alpha value is -1.36. The molecule has 17 heavy (non-hydrogen) atoms. The highest BCUT2D eigenvalue weighted by molar-refractivity contribution is 9.10. The van der Waals surface area contributed by atoms with E-state index in [-0.39, 0.29) is 5.82 Å². The molecule has 92 valence electrons. The van der Waals surface area contributed by atoms with E-state index in [1.807, 2.05) is 0 Å². The van der Waals surface area contributed by atoms with Gasteiger partial charge in [0.15, 0.2) is 0 Å². The van der Waals surface area contributed by atoms with Gasteiger partial charge in [-0.2, -0.15) is 0 Å². The van der Waals surface area contributed by atoms with Crippen LogP contribution in [0.2, 0.25) is 0 Å². The van der Waals surface area contributed by atoms with E-state index in [1.54, 1.807) is 25.1 Å². The molecule has 0 fully saturated rings. The van der Waals surface area contributed by atoms with Crippen LogP contribution in [0.25, 0.3) is 0 Å². The number of carbonyl (C=O) groups excluding carboxylic acids is 1. The molecular formula is C12H13BrFNO2. The van der Waals surface area contributed by atoms with E-state index in [0.717, 1.165) is 0 Å². The lowest BCUT2D eigenvalue weighted by molar-refractivity contribution is -0.137. The molecule has 1 aromatic carbocycles. The Morgan fingerprint density at radius 2 is 2.35 bits per heavy atom. The molecule has 0 aliphatic rings. The summed E-state index contributed by atoms with van der Waals surface area (Å²) in [5, 5.41) is 2.85. The van der Waals surface area contributed by atoms with Crippen LogP contribution >= 0.6 is 15.9 Å². The zero-order chi connectivity index (χ0) is 12.7. The van der Waals surface area contributed by atoms with Crippen molar-refractivity contribution in [2.75, 3.05) is 18.5 Å². The van der Waals surface area contributed by atoms with E-state index in [4.69, 9.17) is 4.74 Å². The number of ether oxygens (including phenoxy) is 1. The molecule has 0 heterocycles. The monoisotopic (exact) mass is 301 g/mol. The van der Waals surface area contributed by atoms with Crippen molar-refractivity contribution in [3.05, 3.63) is 40.6 Å². The molecule has 1 aromatic rings. The van der Waals surface area contributed by atoms with Gasteiger partial charge in [-0.15, -0.1) is 0 Å². The van der Waals surface area contributed by atoms with Crippen molar-refractivity contribution in [2.24, 2.45) is 0 Å². The van der Waals surface area contributed by atoms with Crippen molar-refractivity contribution in [1.82, 2.24) is 0 Å². The number of halogens is 2. The second-order valence-corrected chi connectivity index (χ2v) is 4.08. The second-order valence-electron chi connectivity index (χ2n) is 3.16. The molecular weight excluding hydrogens is 289 g/mol. The van der Waals surface area contributed by atoms with Gasteiger partial charge in [0.2, 0.25) is 0 Å². The molecule has 0 aliphatic heterocycles. The highest BCUT2D eigenvalue weighted by Crippen LogP contribution is 2.18. The van der Waals surface area contributed by atoms with Gasteiger partial charge < -0.3 is 10.1 Å². The minimum absolute atomic E-state index is 0.344. The molecule has 0 amide bonds. The summed E-state index contributed by atoms with van der Waals surface area (Å²) >= 11 is 3.17. The molecule has 0 radical (unpaired) electrons. The fourth-order valence-electron chi connectivity index (χ4n) is 1.15. The molecule has 0 saturated heterocycles. The first kappa shape index (κ1) is 13.7. The van der Waals surface area contributed by atoms with Gasteiger partial charge in [-0.1, -0.05) is 22.0 Å². The van der Waals surface area contributed by atoms with Gasteiger partial charge in [-0.25, -0.2) is 9.18 Å². The van der Waals surface area contributed by atoms with Gasteiger partial charge in [-0.3, -0.25) is 0 Å². The van der Waals surface area contributed by atoms with E-state index in [0.29, 0.717) is 23.3 Å². The maximum atomic E-state index is 13.3. The standard InChI is InChI=1S/C12H13BrFNO2/c1-2-17-12(16)4-3-7-15-11-6-5-9(13)8-10(11)14/h3-6,8,15H,2,7H2,1H3/b4-3+. The lowest BCUT2D eigenvalue weighted by Crippen LogP contribution is -2.03. The van der Waals surface area contributed by atoms with Gasteiger partial charge in [0, 0.05) is 17.1 Å². The van der Waals surface area contributed by atoms with Crippen LogP contribution in [-0.2, 0) is 9.53 Å². The number of hydrogen-bond donors (Lipinski definition) is 1. The molecule has 1 rings (SSSR count). The van der Waals surface area contributed by atoms with Gasteiger partial charge >= 0.3 is 5.97 Å². The van der Waals surface area contributed by atoms with Crippen LogP contribution in [0.5, 0.6) is 0 Å². The third-order valence-corrected chi connectivity index (χ3v) is 2.38. The van der Waals surface area contributed by atoms with E-state index >= 15 is 0 Å². The Balaban J connectivity index is 2.43. The lowest BCUT2D eigenvalue weighted by Gasteiger charge is -2.04. The highest BCUT2D eigenvalue weighted by atomic mass is 79.9. The minimum Gasteiger partial charge on any atom is -0.463 e. The number of hydrogen-bond acceptors (Lipinski definition) is 3. The summed E-state index contributed by atoms with van der Waals surface area (Å²) in [4.78, 5) is 10.9. The Morgan fingerprint density at radius 1 is 1.59 bits per heavy atom. The largest absolute Gasteiger partial charge is 0.463 e. The van der Waals surface area contributed by atoms with Gasteiger partial charge in [-0.05, 0) is 25.1 Å². The van der Waals surface area contributed by atoms with Gasteiger partial charge in [0.05, 0.1) is 12.3 Å². The third kappa shape index (κ3) is 4.99. The van der Waals surface area contributed by atoms with E-state index < -0.39 is 5.97 Å². The summed E-state index contributed by atoms with van der Waals surface area (Å²) in [6.45, 7) is 2.44. The van der Waals surface area contributed by atoms with Crippen LogP contribution < -0.4 is 5.32 Å². The fraction of sp³-hybridized carbons (Fsp3) is 0.250. The van der Waals surface area contributed by atoms with E-state index in [1.165, 1.54) is 12.1 Å². The second kappa shape index (κ2) is 7.06. The summed E-state index contributed by atoms with van der Waals surface area (Å²) in [5.41, 5.74) is 0.390. The number of anilines is 1. The Bertz CT molecular complexity index is 421. The third-order valence-electron chi connectivity index (χ3n) is 1.88. The molecule has 0 spiro atoms. The summed E-state index contributed by atoms with van der Waals surface area (Å²) < 4.78 is 18.7. The molecule has 3 nitrogen and oxygen atoms in total. The normalized spacial score (nSPS) is 10.5. The van der Waals surface area contributed by atoms with Crippen molar-refractivity contribution in [3.8, 4) is 0 Å². The lowest BCUT2D eigenvalue weighted by atomic mass is 10.3. The molecule has 5 heteroatoms. The van der Waals surface area contributed by atoms with Crippen molar-refractivity contribution < 1.29 is 13.9 Å². The Labute approximate surface area is 108 Å². The van der Waals surface area contributed by atoms with Gasteiger partial charge in [0.25, 0.3) is 0 Å². The van der Waals surface area contributed by atoms with Crippen LogP contribution in [0.1, 0.15) is 6.92 Å². The smallest absolute Gasteiger partial charge is 0.330 e. The summed E-state index contributed by atoms with van der Waals surface area (Å²) in [6, 6.07) is 4.73. The predicted molar refractivity (Wildman–Crippen MR) is 68.4 cm³/mol. The van der Waals surface area contributed by atoms with Crippen LogP contribution in [-0.4, -0.2) is 19.1 Å². The topological polar surface area (TPSA) is 38.3 Å². The average molecular weight is 302 g/mol. The van der Waals surface area contributed by atoms with E-state index in [9.17, 15) is 9.18 Å². The first-order valence-corrected chi connectivity index (χ1v) is 5.95. The zero-order valence-electron chi connectivity index (χ0n) is 9.37. The zero-order valence-corrected chi connectivity index (χ0v) is 11.0. The number of rotatable bonds is 5. The van der Waals surface area contributed by atoms with Crippen LogP contribution in [0.3, 0.4) is 0 Å². The van der Waals surface area contributed by atoms with Crippen LogP contribution in [0, 0.1) is 5.82 Å². The predicted octanol–water partition coefficient (Wildman–Crippen LogP) is 3.12. The molecule has 0 aromatic heterocycles. The number of esters is 1. The molecule has 0 bridgehead atoms. The minimum atomic E-state index is -0.398. The number of carbonyl (C=O) groups is 1. The summed E-state index contributed by atoms with van der Waals surface area (Å²) in [5.74, 6) is -0.741.